The van der Waals surface area contributed by atoms with Gasteiger partial charge in [0, 0.05) is 17.1 Å². The SMILES string of the molecule is CC1COCCN1S(=O)(=O)c1c(Cl)cc(Br)cc1Cl. The van der Waals surface area contributed by atoms with Gasteiger partial charge in [-0.1, -0.05) is 39.1 Å². The van der Waals surface area contributed by atoms with Crippen LogP contribution in [-0.4, -0.2) is 38.5 Å². The molecule has 0 radical (unpaired) electrons. The number of hydrogen-bond donors (Lipinski definition) is 0. The highest BCUT2D eigenvalue weighted by Crippen LogP contribution is 2.35. The largest absolute Gasteiger partial charge is 0.378 e. The molecule has 2 rings (SSSR count). The molecule has 1 aromatic carbocycles. The van der Waals surface area contributed by atoms with Crippen LogP contribution in [0.25, 0.3) is 0 Å². The molecule has 1 heterocycles. The molecular formula is C11H12BrCl2NO3S. The average Bonchev–Trinajstić information content (AvgIpc) is 2.27. The fraction of sp³-hybridized carbons (Fsp3) is 0.455. The van der Waals surface area contributed by atoms with Gasteiger partial charge in [-0.25, -0.2) is 8.42 Å². The van der Waals surface area contributed by atoms with Gasteiger partial charge in [0.2, 0.25) is 10.0 Å². The van der Waals surface area contributed by atoms with Crippen molar-refractivity contribution in [3.63, 3.8) is 0 Å². The van der Waals surface area contributed by atoms with Gasteiger partial charge in [0.15, 0.2) is 0 Å². The highest BCUT2D eigenvalue weighted by atomic mass is 79.9. The maximum Gasteiger partial charge on any atom is 0.246 e. The Labute approximate surface area is 130 Å². The lowest BCUT2D eigenvalue weighted by Crippen LogP contribution is -2.47. The number of halogens is 3. The van der Waals surface area contributed by atoms with Crippen LogP contribution in [0.4, 0.5) is 0 Å². The first-order valence-electron chi connectivity index (χ1n) is 5.58. The molecule has 0 saturated carbocycles. The number of rotatable bonds is 2. The molecule has 0 amide bonds. The summed E-state index contributed by atoms with van der Waals surface area (Å²) in [4.78, 5) is -0.0483. The number of ether oxygens (including phenoxy) is 1. The smallest absolute Gasteiger partial charge is 0.246 e. The molecule has 1 unspecified atom stereocenters. The van der Waals surface area contributed by atoms with E-state index in [2.05, 4.69) is 15.9 Å². The summed E-state index contributed by atoms with van der Waals surface area (Å²) in [5.74, 6) is 0. The molecule has 8 heteroatoms. The van der Waals surface area contributed by atoms with Gasteiger partial charge >= 0.3 is 0 Å². The second-order valence-electron chi connectivity index (χ2n) is 4.24. The summed E-state index contributed by atoms with van der Waals surface area (Å²) in [7, 11) is -3.72. The van der Waals surface area contributed by atoms with Crippen LogP contribution in [0.3, 0.4) is 0 Å². The van der Waals surface area contributed by atoms with Gasteiger partial charge in [-0.3, -0.25) is 0 Å². The summed E-state index contributed by atoms with van der Waals surface area (Å²) < 4.78 is 32.5. The van der Waals surface area contributed by atoms with E-state index in [-0.39, 0.29) is 21.0 Å². The predicted molar refractivity (Wildman–Crippen MR) is 78.3 cm³/mol. The first-order valence-corrected chi connectivity index (χ1v) is 8.57. The minimum absolute atomic E-state index is 0.0483. The molecule has 0 bridgehead atoms. The van der Waals surface area contributed by atoms with Crippen molar-refractivity contribution in [2.75, 3.05) is 19.8 Å². The molecule has 106 valence electrons. The van der Waals surface area contributed by atoms with Crippen molar-refractivity contribution in [2.45, 2.75) is 17.9 Å². The fourth-order valence-corrected chi connectivity index (χ4v) is 5.45. The Bertz CT molecular complexity index is 571. The molecule has 19 heavy (non-hydrogen) atoms. The van der Waals surface area contributed by atoms with E-state index in [1.54, 1.807) is 6.92 Å². The third-order valence-corrected chi connectivity index (χ3v) is 6.23. The molecular weight excluding hydrogens is 377 g/mol. The molecule has 1 saturated heterocycles. The van der Waals surface area contributed by atoms with Crippen molar-refractivity contribution in [3.8, 4) is 0 Å². The molecule has 1 aromatic rings. The van der Waals surface area contributed by atoms with E-state index in [0.717, 1.165) is 0 Å². The lowest BCUT2D eigenvalue weighted by molar-refractivity contribution is 0.0393. The van der Waals surface area contributed by atoms with Gasteiger partial charge in [0.25, 0.3) is 0 Å². The van der Waals surface area contributed by atoms with Crippen LogP contribution in [0, 0.1) is 0 Å². The standard InChI is InChI=1S/C11H12BrCl2NO3S/c1-7-6-18-3-2-15(7)19(16,17)11-9(13)4-8(12)5-10(11)14/h4-5,7H,2-3,6H2,1H3. The molecule has 4 nitrogen and oxygen atoms in total. The molecule has 0 aromatic heterocycles. The molecule has 0 aliphatic carbocycles. The Morgan fingerprint density at radius 1 is 1.37 bits per heavy atom. The van der Waals surface area contributed by atoms with Crippen molar-refractivity contribution >= 4 is 49.2 Å². The van der Waals surface area contributed by atoms with Crippen molar-refractivity contribution in [1.29, 1.82) is 0 Å². The average molecular weight is 389 g/mol. The molecule has 1 fully saturated rings. The van der Waals surface area contributed by atoms with E-state index < -0.39 is 10.0 Å². The first kappa shape index (κ1) is 15.5. The van der Waals surface area contributed by atoms with Crippen LogP contribution in [0.15, 0.2) is 21.5 Å². The van der Waals surface area contributed by atoms with Crippen molar-refractivity contribution in [1.82, 2.24) is 4.31 Å². The summed E-state index contributed by atoms with van der Waals surface area (Å²) in [5.41, 5.74) is 0. The van der Waals surface area contributed by atoms with Crippen LogP contribution in [0.5, 0.6) is 0 Å². The number of benzene rings is 1. The Morgan fingerprint density at radius 2 is 1.95 bits per heavy atom. The topological polar surface area (TPSA) is 46.6 Å². The minimum atomic E-state index is -3.72. The lowest BCUT2D eigenvalue weighted by Gasteiger charge is -2.32. The number of nitrogens with zero attached hydrogens (tertiary/aromatic N) is 1. The zero-order chi connectivity index (χ0) is 14.2. The van der Waals surface area contributed by atoms with E-state index in [1.807, 2.05) is 0 Å². The van der Waals surface area contributed by atoms with Gasteiger partial charge in [0.05, 0.1) is 23.3 Å². The summed E-state index contributed by atoms with van der Waals surface area (Å²) in [5, 5.41) is 0.219. The molecule has 1 aliphatic rings. The van der Waals surface area contributed by atoms with Gasteiger partial charge in [0.1, 0.15) is 4.90 Å². The number of sulfonamides is 1. The fourth-order valence-electron chi connectivity index (χ4n) is 1.96. The van der Waals surface area contributed by atoms with Gasteiger partial charge in [-0.15, -0.1) is 0 Å². The quantitative estimate of drug-likeness (QED) is 0.781. The van der Waals surface area contributed by atoms with E-state index in [4.69, 9.17) is 27.9 Å². The van der Waals surface area contributed by atoms with Crippen molar-refractivity contribution in [3.05, 3.63) is 26.7 Å². The minimum Gasteiger partial charge on any atom is -0.378 e. The monoisotopic (exact) mass is 387 g/mol. The normalized spacial score (nSPS) is 21.6. The highest BCUT2D eigenvalue weighted by molar-refractivity contribution is 9.10. The predicted octanol–water partition coefficient (Wildman–Crippen LogP) is 3.17. The summed E-state index contributed by atoms with van der Waals surface area (Å²) >= 11 is 15.3. The lowest BCUT2D eigenvalue weighted by atomic mass is 10.3. The highest BCUT2D eigenvalue weighted by Gasteiger charge is 2.34. The molecule has 1 aliphatic heterocycles. The van der Waals surface area contributed by atoms with Crippen LogP contribution >= 0.6 is 39.1 Å². The van der Waals surface area contributed by atoms with E-state index in [9.17, 15) is 8.42 Å². The zero-order valence-corrected chi connectivity index (χ0v) is 14.0. The zero-order valence-electron chi connectivity index (χ0n) is 10.1. The number of morpholine rings is 1. The van der Waals surface area contributed by atoms with Gasteiger partial charge in [-0.05, 0) is 19.1 Å². The van der Waals surface area contributed by atoms with E-state index in [1.165, 1.54) is 16.4 Å². The maximum absolute atomic E-state index is 12.6. The Hall–Kier alpha value is 0.150. The van der Waals surface area contributed by atoms with Crippen LogP contribution in [-0.2, 0) is 14.8 Å². The summed E-state index contributed by atoms with van der Waals surface area (Å²) in [6.07, 6.45) is 0. The second-order valence-corrected chi connectivity index (χ2v) is 7.80. The van der Waals surface area contributed by atoms with Crippen LogP contribution in [0.2, 0.25) is 10.0 Å². The molecule has 0 spiro atoms. The Morgan fingerprint density at radius 3 is 2.47 bits per heavy atom. The Balaban J connectivity index is 2.50. The van der Waals surface area contributed by atoms with Gasteiger partial charge in [-0.2, -0.15) is 4.31 Å². The van der Waals surface area contributed by atoms with Crippen LogP contribution < -0.4 is 0 Å². The van der Waals surface area contributed by atoms with E-state index in [0.29, 0.717) is 24.2 Å². The first-order chi connectivity index (χ1) is 8.84. The molecule has 0 N–H and O–H groups in total. The van der Waals surface area contributed by atoms with Gasteiger partial charge < -0.3 is 4.74 Å². The summed E-state index contributed by atoms with van der Waals surface area (Å²) in [6, 6.07) is 2.80. The molecule has 1 atom stereocenters. The number of hydrogen-bond acceptors (Lipinski definition) is 3. The third kappa shape index (κ3) is 3.09. The third-order valence-electron chi connectivity index (χ3n) is 2.84. The van der Waals surface area contributed by atoms with Crippen LogP contribution in [0.1, 0.15) is 6.92 Å². The van der Waals surface area contributed by atoms with Crippen molar-refractivity contribution in [2.24, 2.45) is 0 Å². The Kier molecular flexibility index (Phi) is 4.80. The maximum atomic E-state index is 12.6. The summed E-state index contributed by atoms with van der Waals surface area (Å²) in [6.45, 7) is 2.82. The second kappa shape index (κ2) is 5.87. The van der Waals surface area contributed by atoms with Crippen molar-refractivity contribution < 1.29 is 13.2 Å². The van der Waals surface area contributed by atoms with E-state index >= 15 is 0 Å².